The van der Waals surface area contributed by atoms with E-state index in [1.165, 1.54) is 24.2 Å². The highest BCUT2D eigenvalue weighted by molar-refractivity contribution is 7.13. The van der Waals surface area contributed by atoms with E-state index in [-0.39, 0.29) is 0 Å². The summed E-state index contributed by atoms with van der Waals surface area (Å²) in [4.78, 5) is 4.37. The van der Waals surface area contributed by atoms with Gasteiger partial charge >= 0.3 is 0 Å². The molecule has 1 aliphatic carbocycles. The minimum atomic E-state index is 0.555. The minimum Gasteiger partial charge on any atom is -0.428 e. The van der Waals surface area contributed by atoms with Gasteiger partial charge in [0.15, 0.2) is 0 Å². The van der Waals surface area contributed by atoms with Crippen LogP contribution < -0.4 is 10.1 Å². The van der Waals surface area contributed by atoms with Crippen LogP contribution in [0.15, 0.2) is 36.5 Å². The number of nitrogens with one attached hydrogen (secondary N) is 1. The zero-order valence-corrected chi connectivity index (χ0v) is 12.1. The van der Waals surface area contributed by atoms with Crippen LogP contribution in [0.5, 0.6) is 10.9 Å². The Bertz CT molecular complexity index is 769. The number of rotatable bonds is 5. The normalized spacial score (nSPS) is 14.5. The molecule has 0 atom stereocenters. The number of hydrogen-bond donors (Lipinski definition) is 1. The van der Waals surface area contributed by atoms with Crippen molar-refractivity contribution < 1.29 is 4.74 Å². The second kappa shape index (κ2) is 5.38. The van der Waals surface area contributed by atoms with E-state index in [1.807, 2.05) is 30.3 Å². The molecule has 1 N–H and O–H groups in total. The fourth-order valence-electron chi connectivity index (χ4n) is 2.08. The number of aromatic nitrogens is 3. The topological polar surface area (TPSA) is 59.9 Å². The van der Waals surface area contributed by atoms with Crippen LogP contribution in [0.2, 0.25) is 0 Å². The number of fused-ring (bicyclic) bond motifs is 1. The lowest BCUT2D eigenvalue weighted by Gasteiger charge is -2.02. The average Bonchev–Trinajstić information content (AvgIpc) is 3.25. The molecule has 1 saturated carbocycles. The van der Waals surface area contributed by atoms with Crippen LogP contribution in [-0.2, 0) is 6.54 Å². The van der Waals surface area contributed by atoms with Gasteiger partial charge in [-0.05, 0) is 25.0 Å². The van der Waals surface area contributed by atoms with Gasteiger partial charge in [-0.25, -0.2) is 0 Å². The summed E-state index contributed by atoms with van der Waals surface area (Å²) >= 11 is 1.47. The zero-order valence-electron chi connectivity index (χ0n) is 11.3. The van der Waals surface area contributed by atoms with Crippen molar-refractivity contribution in [1.82, 2.24) is 20.5 Å². The third kappa shape index (κ3) is 3.01. The molecule has 2 heterocycles. The Kier molecular flexibility index (Phi) is 3.25. The maximum Gasteiger partial charge on any atom is 0.299 e. The van der Waals surface area contributed by atoms with Gasteiger partial charge in [0.05, 0.1) is 18.3 Å². The van der Waals surface area contributed by atoms with Crippen LogP contribution in [0.4, 0.5) is 0 Å². The van der Waals surface area contributed by atoms with Crippen molar-refractivity contribution in [3.8, 4) is 10.9 Å². The van der Waals surface area contributed by atoms with E-state index in [0.717, 1.165) is 22.5 Å². The fourth-order valence-corrected chi connectivity index (χ4v) is 2.74. The maximum atomic E-state index is 5.74. The minimum absolute atomic E-state index is 0.555. The van der Waals surface area contributed by atoms with Gasteiger partial charge < -0.3 is 10.1 Å². The molecule has 106 valence electrons. The quantitative estimate of drug-likeness (QED) is 0.784. The van der Waals surface area contributed by atoms with Gasteiger partial charge in [-0.1, -0.05) is 34.6 Å². The highest BCUT2D eigenvalue weighted by Crippen LogP contribution is 2.27. The molecule has 0 saturated heterocycles. The Morgan fingerprint density at radius 1 is 1.24 bits per heavy atom. The van der Waals surface area contributed by atoms with E-state index >= 15 is 0 Å². The molecule has 0 bridgehead atoms. The standard InChI is InChI=1S/C15H14N4OS/c1-2-4-13-10(3-1)7-12(8-17-13)20-15-19-18-14(21-15)9-16-11-5-6-11/h1-4,7-8,11,16H,5-6,9H2. The number of pyridine rings is 1. The highest BCUT2D eigenvalue weighted by Gasteiger charge is 2.20. The first-order chi connectivity index (χ1) is 10.4. The van der Waals surface area contributed by atoms with E-state index in [9.17, 15) is 0 Å². The number of ether oxygens (including phenoxy) is 1. The van der Waals surface area contributed by atoms with Gasteiger partial charge in [-0.3, -0.25) is 4.98 Å². The van der Waals surface area contributed by atoms with Crippen molar-refractivity contribution in [2.45, 2.75) is 25.4 Å². The SMILES string of the molecule is c1ccc2ncc(Oc3nnc(CNC4CC4)s3)cc2c1. The summed E-state index contributed by atoms with van der Waals surface area (Å²) < 4.78 is 5.74. The monoisotopic (exact) mass is 298 g/mol. The molecule has 1 aromatic carbocycles. The third-order valence-electron chi connectivity index (χ3n) is 3.34. The highest BCUT2D eigenvalue weighted by atomic mass is 32.1. The average molecular weight is 298 g/mol. The van der Waals surface area contributed by atoms with Crippen LogP contribution >= 0.6 is 11.3 Å². The lowest BCUT2D eigenvalue weighted by Crippen LogP contribution is -2.14. The second-order valence-electron chi connectivity index (χ2n) is 5.08. The summed E-state index contributed by atoms with van der Waals surface area (Å²) in [5.74, 6) is 0.687. The molecular weight excluding hydrogens is 284 g/mol. The molecule has 1 fully saturated rings. The maximum absolute atomic E-state index is 5.74. The van der Waals surface area contributed by atoms with Crippen molar-refractivity contribution in [2.24, 2.45) is 0 Å². The predicted molar refractivity (Wildman–Crippen MR) is 81.6 cm³/mol. The molecule has 0 aliphatic heterocycles. The third-order valence-corrected chi connectivity index (χ3v) is 4.14. The van der Waals surface area contributed by atoms with Crippen molar-refractivity contribution in [3.63, 3.8) is 0 Å². The van der Waals surface area contributed by atoms with E-state index in [2.05, 4.69) is 20.5 Å². The Balaban J connectivity index is 1.48. The number of hydrogen-bond acceptors (Lipinski definition) is 6. The molecule has 21 heavy (non-hydrogen) atoms. The summed E-state index contributed by atoms with van der Waals surface area (Å²) in [5, 5.41) is 14.2. The molecule has 4 rings (SSSR count). The molecular formula is C15H14N4OS. The fraction of sp³-hybridized carbons (Fsp3) is 0.267. The van der Waals surface area contributed by atoms with E-state index in [0.29, 0.717) is 17.0 Å². The molecule has 5 nitrogen and oxygen atoms in total. The van der Waals surface area contributed by atoms with Gasteiger partial charge in [-0.15, -0.1) is 5.10 Å². The summed E-state index contributed by atoms with van der Waals surface area (Å²) in [6, 6.07) is 10.6. The first-order valence-electron chi connectivity index (χ1n) is 6.95. The smallest absolute Gasteiger partial charge is 0.299 e. The van der Waals surface area contributed by atoms with Gasteiger partial charge in [0.1, 0.15) is 10.8 Å². The van der Waals surface area contributed by atoms with Crippen LogP contribution in [-0.4, -0.2) is 21.2 Å². The molecule has 0 amide bonds. The largest absolute Gasteiger partial charge is 0.428 e. The molecule has 0 spiro atoms. The molecule has 0 radical (unpaired) electrons. The molecule has 0 unspecified atom stereocenters. The Labute approximate surface area is 126 Å². The van der Waals surface area contributed by atoms with Crippen LogP contribution in [0.3, 0.4) is 0 Å². The summed E-state index contributed by atoms with van der Waals surface area (Å²) in [6.07, 6.45) is 4.25. The first kappa shape index (κ1) is 12.7. The van der Waals surface area contributed by atoms with Gasteiger partial charge in [0.2, 0.25) is 0 Å². The van der Waals surface area contributed by atoms with Gasteiger partial charge in [0.25, 0.3) is 5.19 Å². The number of para-hydroxylation sites is 1. The zero-order chi connectivity index (χ0) is 14.1. The van der Waals surface area contributed by atoms with Crippen LogP contribution in [0.25, 0.3) is 10.9 Å². The Morgan fingerprint density at radius 3 is 3.05 bits per heavy atom. The van der Waals surface area contributed by atoms with Crippen molar-refractivity contribution in [3.05, 3.63) is 41.5 Å². The van der Waals surface area contributed by atoms with Gasteiger partial charge in [0, 0.05) is 11.4 Å². The van der Waals surface area contributed by atoms with Crippen molar-refractivity contribution in [1.29, 1.82) is 0 Å². The van der Waals surface area contributed by atoms with Crippen molar-refractivity contribution >= 4 is 22.2 Å². The number of benzene rings is 1. The molecule has 6 heteroatoms. The first-order valence-corrected chi connectivity index (χ1v) is 7.77. The predicted octanol–water partition coefficient (Wildman–Crippen LogP) is 3.13. The Hall–Kier alpha value is -2.05. The Morgan fingerprint density at radius 2 is 2.14 bits per heavy atom. The second-order valence-corrected chi connectivity index (χ2v) is 6.11. The molecule has 3 aromatic rings. The lowest BCUT2D eigenvalue weighted by atomic mass is 10.2. The van der Waals surface area contributed by atoms with Gasteiger partial charge in [-0.2, -0.15) is 0 Å². The summed E-state index contributed by atoms with van der Waals surface area (Å²) in [6.45, 7) is 0.766. The number of nitrogens with zero attached hydrogens (tertiary/aromatic N) is 3. The molecule has 1 aliphatic rings. The lowest BCUT2D eigenvalue weighted by molar-refractivity contribution is 0.471. The summed E-state index contributed by atoms with van der Waals surface area (Å²) in [7, 11) is 0. The van der Waals surface area contributed by atoms with E-state index in [4.69, 9.17) is 4.74 Å². The van der Waals surface area contributed by atoms with E-state index in [1.54, 1.807) is 6.20 Å². The van der Waals surface area contributed by atoms with Crippen LogP contribution in [0, 0.1) is 0 Å². The van der Waals surface area contributed by atoms with Crippen molar-refractivity contribution in [2.75, 3.05) is 0 Å². The summed E-state index contributed by atoms with van der Waals surface area (Å²) in [5.41, 5.74) is 0.955. The van der Waals surface area contributed by atoms with E-state index < -0.39 is 0 Å². The molecule has 2 aromatic heterocycles. The van der Waals surface area contributed by atoms with Crippen LogP contribution in [0.1, 0.15) is 17.8 Å².